The molecule has 0 aliphatic carbocycles. The molecule has 0 saturated carbocycles. The lowest BCUT2D eigenvalue weighted by molar-refractivity contribution is -0.122. The summed E-state index contributed by atoms with van der Waals surface area (Å²) in [6.07, 6.45) is 2.87. The molecule has 1 N–H and O–H groups in total. The molecule has 2 heterocycles. The van der Waals surface area contributed by atoms with E-state index in [0.717, 1.165) is 28.0 Å². The Morgan fingerprint density at radius 3 is 2.59 bits per heavy atom. The number of thioether (sulfide) groups is 1. The third-order valence-corrected chi connectivity index (χ3v) is 6.43. The first-order valence-electron chi connectivity index (χ1n) is 9.42. The summed E-state index contributed by atoms with van der Waals surface area (Å²) in [5.74, 6) is -1.73. The van der Waals surface area contributed by atoms with Crippen molar-refractivity contribution in [3.8, 4) is 10.6 Å². The van der Waals surface area contributed by atoms with Gasteiger partial charge in [-0.05, 0) is 47.7 Å². The van der Waals surface area contributed by atoms with Crippen LogP contribution in [-0.4, -0.2) is 40.0 Å². The van der Waals surface area contributed by atoms with E-state index >= 15 is 0 Å². The zero-order chi connectivity index (χ0) is 22.7. The van der Waals surface area contributed by atoms with Crippen molar-refractivity contribution in [2.45, 2.75) is 0 Å². The van der Waals surface area contributed by atoms with Crippen molar-refractivity contribution in [3.63, 3.8) is 0 Å². The van der Waals surface area contributed by atoms with Crippen LogP contribution in [0.25, 0.3) is 16.6 Å². The molecule has 0 spiro atoms. The van der Waals surface area contributed by atoms with Gasteiger partial charge in [0.15, 0.2) is 0 Å². The number of amides is 3. The molecule has 1 fully saturated rings. The van der Waals surface area contributed by atoms with Crippen LogP contribution < -0.4 is 5.32 Å². The summed E-state index contributed by atoms with van der Waals surface area (Å²) < 4.78 is 26.9. The second-order valence-electron chi connectivity index (χ2n) is 6.65. The van der Waals surface area contributed by atoms with Crippen molar-refractivity contribution < 1.29 is 23.2 Å². The molecule has 0 bridgehead atoms. The fourth-order valence-electron chi connectivity index (χ4n) is 2.91. The van der Waals surface area contributed by atoms with Crippen molar-refractivity contribution in [3.05, 3.63) is 81.7 Å². The Bertz CT molecular complexity index is 1230. The Morgan fingerprint density at radius 2 is 1.84 bits per heavy atom. The second-order valence-corrected chi connectivity index (χ2v) is 8.67. The molecular weight excluding hydrogens is 456 g/mol. The lowest BCUT2D eigenvalue weighted by Crippen LogP contribution is -2.37. The number of thiazole rings is 1. The first-order valence-corrected chi connectivity index (χ1v) is 11.1. The van der Waals surface area contributed by atoms with Gasteiger partial charge in [-0.1, -0.05) is 24.3 Å². The normalized spacial score (nSPS) is 14.9. The minimum atomic E-state index is -0.474. The highest BCUT2D eigenvalue weighted by molar-refractivity contribution is 8.18. The van der Waals surface area contributed by atoms with Crippen LogP contribution in [-0.2, 0) is 4.79 Å². The maximum absolute atomic E-state index is 13.9. The Morgan fingerprint density at radius 1 is 1.09 bits per heavy atom. The van der Waals surface area contributed by atoms with Gasteiger partial charge in [-0.25, -0.2) is 13.8 Å². The SMILES string of the molecule is O=C(NCCN1C(=O)S/C(=C\c2ccc(F)cc2)C1=O)c1cnc(-c2ccccc2F)s1. The van der Waals surface area contributed by atoms with E-state index in [9.17, 15) is 23.2 Å². The summed E-state index contributed by atoms with van der Waals surface area (Å²) in [6, 6.07) is 11.7. The van der Waals surface area contributed by atoms with E-state index in [4.69, 9.17) is 0 Å². The average Bonchev–Trinajstić information content (AvgIpc) is 3.36. The number of nitrogens with zero attached hydrogens (tertiary/aromatic N) is 2. The van der Waals surface area contributed by atoms with E-state index in [1.54, 1.807) is 18.2 Å². The van der Waals surface area contributed by atoms with Crippen LogP contribution in [0.4, 0.5) is 13.6 Å². The smallest absolute Gasteiger partial charge is 0.293 e. The average molecular weight is 472 g/mol. The van der Waals surface area contributed by atoms with Crippen LogP contribution >= 0.6 is 23.1 Å². The molecule has 6 nitrogen and oxygen atoms in total. The van der Waals surface area contributed by atoms with Gasteiger partial charge in [0.05, 0.1) is 11.1 Å². The van der Waals surface area contributed by atoms with E-state index < -0.39 is 28.7 Å². The minimum Gasteiger partial charge on any atom is -0.349 e. The van der Waals surface area contributed by atoms with Crippen LogP contribution in [0, 0.1) is 11.6 Å². The van der Waals surface area contributed by atoms with Crippen molar-refractivity contribution in [1.29, 1.82) is 0 Å². The standard InChI is InChI=1S/C22H15F2N3O3S2/c23-14-7-5-13(6-8-14)11-17-21(29)27(22(30)32-17)10-9-25-19(28)18-12-26-20(31-18)15-3-1-2-4-16(15)24/h1-8,11-12H,9-10H2,(H,25,28)/b17-11-. The minimum absolute atomic E-state index is 0.00383. The number of nitrogens with one attached hydrogen (secondary N) is 1. The van der Waals surface area contributed by atoms with Gasteiger partial charge in [0, 0.05) is 18.7 Å². The molecule has 1 aliphatic heterocycles. The summed E-state index contributed by atoms with van der Waals surface area (Å²) in [5.41, 5.74) is 0.906. The number of carbonyl (C=O) groups is 3. The monoisotopic (exact) mass is 471 g/mol. The highest BCUT2D eigenvalue weighted by Crippen LogP contribution is 2.32. The van der Waals surface area contributed by atoms with Crippen molar-refractivity contribution in [1.82, 2.24) is 15.2 Å². The number of carbonyl (C=O) groups excluding carboxylic acids is 3. The van der Waals surface area contributed by atoms with Crippen molar-refractivity contribution in [2.24, 2.45) is 0 Å². The van der Waals surface area contributed by atoms with Gasteiger partial charge >= 0.3 is 0 Å². The van der Waals surface area contributed by atoms with Gasteiger partial charge in [-0.2, -0.15) is 0 Å². The molecule has 1 saturated heterocycles. The molecule has 32 heavy (non-hydrogen) atoms. The van der Waals surface area contributed by atoms with Crippen LogP contribution in [0.1, 0.15) is 15.2 Å². The zero-order valence-corrected chi connectivity index (χ0v) is 18.0. The summed E-state index contributed by atoms with van der Waals surface area (Å²) in [7, 11) is 0. The van der Waals surface area contributed by atoms with E-state index in [-0.39, 0.29) is 22.9 Å². The molecule has 1 aromatic heterocycles. The molecule has 3 amide bonds. The fraction of sp³-hybridized carbons (Fsp3) is 0.0909. The molecule has 162 valence electrons. The number of halogens is 2. The molecule has 0 atom stereocenters. The maximum Gasteiger partial charge on any atom is 0.293 e. The van der Waals surface area contributed by atoms with E-state index in [0.29, 0.717) is 16.1 Å². The maximum atomic E-state index is 13.9. The second kappa shape index (κ2) is 9.41. The Kier molecular flexibility index (Phi) is 6.42. The molecule has 4 rings (SSSR count). The predicted octanol–water partition coefficient (Wildman–Crippen LogP) is 4.55. The molecule has 10 heteroatoms. The highest BCUT2D eigenvalue weighted by atomic mass is 32.2. The number of hydrogen-bond donors (Lipinski definition) is 1. The van der Waals surface area contributed by atoms with Gasteiger partial charge in [-0.15, -0.1) is 11.3 Å². The van der Waals surface area contributed by atoms with Gasteiger partial charge in [0.25, 0.3) is 17.1 Å². The molecule has 3 aromatic rings. The van der Waals surface area contributed by atoms with E-state index in [1.165, 1.54) is 42.6 Å². The highest BCUT2D eigenvalue weighted by Gasteiger charge is 2.34. The van der Waals surface area contributed by atoms with E-state index in [1.807, 2.05) is 0 Å². The number of hydrogen-bond acceptors (Lipinski definition) is 6. The van der Waals surface area contributed by atoms with E-state index in [2.05, 4.69) is 10.3 Å². The van der Waals surface area contributed by atoms with Crippen LogP contribution in [0.3, 0.4) is 0 Å². The van der Waals surface area contributed by atoms with Crippen molar-refractivity contribution >= 4 is 46.2 Å². The van der Waals surface area contributed by atoms with Gasteiger partial charge in [-0.3, -0.25) is 19.3 Å². The summed E-state index contributed by atoms with van der Waals surface area (Å²) >= 11 is 1.83. The third-order valence-electron chi connectivity index (χ3n) is 4.50. The van der Waals surface area contributed by atoms with Crippen LogP contribution in [0.15, 0.2) is 59.6 Å². The zero-order valence-electron chi connectivity index (χ0n) is 16.4. The summed E-state index contributed by atoms with van der Waals surface area (Å²) in [6.45, 7) is 0.0454. The first kappa shape index (κ1) is 21.8. The summed E-state index contributed by atoms with van der Waals surface area (Å²) in [4.78, 5) is 42.7. The fourth-order valence-corrected chi connectivity index (χ4v) is 4.63. The number of benzene rings is 2. The van der Waals surface area contributed by atoms with Crippen LogP contribution in [0.2, 0.25) is 0 Å². The van der Waals surface area contributed by atoms with Crippen LogP contribution in [0.5, 0.6) is 0 Å². The predicted molar refractivity (Wildman–Crippen MR) is 119 cm³/mol. The Labute approximate surface area is 190 Å². The van der Waals surface area contributed by atoms with Gasteiger partial charge in [0.2, 0.25) is 0 Å². The number of rotatable bonds is 6. The topological polar surface area (TPSA) is 79.4 Å². The number of aromatic nitrogens is 1. The Balaban J connectivity index is 1.35. The molecule has 2 aromatic carbocycles. The third kappa shape index (κ3) is 4.76. The summed E-state index contributed by atoms with van der Waals surface area (Å²) in [5, 5.41) is 2.57. The first-order chi connectivity index (χ1) is 15.4. The number of imide groups is 1. The Hall–Kier alpha value is -3.37. The quantitative estimate of drug-likeness (QED) is 0.534. The van der Waals surface area contributed by atoms with Crippen molar-refractivity contribution in [2.75, 3.05) is 13.1 Å². The molecule has 1 aliphatic rings. The molecule has 0 unspecified atom stereocenters. The van der Waals surface area contributed by atoms with Gasteiger partial charge < -0.3 is 5.32 Å². The largest absolute Gasteiger partial charge is 0.349 e. The van der Waals surface area contributed by atoms with Gasteiger partial charge in [0.1, 0.15) is 21.5 Å². The lowest BCUT2D eigenvalue weighted by atomic mass is 10.2. The molecule has 0 radical (unpaired) electrons. The lowest BCUT2D eigenvalue weighted by Gasteiger charge is -2.12. The molecular formula is C22H15F2N3O3S2.